The maximum absolute atomic E-state index is 13.1. The molecule has 1 amide bonds. The normalized spacial score (nSPS) is 22.9. The number of alkyl halides is 3. The van der Waals surface area contributed by atoms with E-state index in [9.17, 15) is 18.0 Å². The van der Waals surface area contributed by atoms with Crippen LogP contribution in [0, 0.1) is 11.8 Å². The van der Waals surface area contributed by atoms with Gasteiger partial charge in [-0.15, -0.1) is 15.3 Å². The summed E-state index contributed by atoms with van der Waals surface area (Å²) >= 11 is 0. The summed E-state index contributed by atoms with van der Waals surface area (Å²) in [4.78, 5) is 14.7. The molecule has 0 aromatic carbocycles. The maximum atomic E-state index is 13.1. The molecule has 2 aromatic heterocycles. The zero-order valence-corrected chi connectivity index (χ0v) is 17.7. The van der Waals surface area contributed by atoms with Crippen LogP contribution in [0.1, 0.15) is 64.1 Å². The lowest BCUT2D eigenvalue weighted by molar-refractivity contribution is -0.146. The highest BCUT2D eigenvalue weighted by atomic mass is 19.4. The van der Waals surface area contributed by atoms with Crippen LogP contribution in [0.3, 0.4) is 0 Å². The van der Waals surface area contributed by atoms with E-state index in [4.69, 9.17) is 0 Å². The van der Waals surface area contributed by atoms with Gasteiger partial charge >= 0.3 is 6.18 Å². The molecule has 10 heteroatoms. The van der Waals surface area contributed by atoms with Crippen molar-refractivity contribution in [2.24, 2.45) is 11.8 Å². The van der Waals surface area contributed by atoms with Crippen LogP contribution in [-0.2, 0) is 11.0 Å². The zero-order chi connectivity index (χ0) is 22.0. The molecule has 0 radical (unpaired) electrons. The minimum atomic E-state index is -4.62. The second kappa shape index (κ2) is 9.00. The van der Waals surface area contributed by atoms with Crippen molar-refractivity contribution in [3.05, 3.63) is 18.0 Å². The first kappa shape index (κ1) is 21.8. The van der Waals surface area contributed by atoms with Crippen LogP contribution in [0.5, 0.6) is 0 Å². The molecular weight excluding hydrogens is 409 g/mol. The molecule has 1 N–H and O–H groups in total. The van der Waals surface area contributed by atoms with Crippen molar-refractivity contribution in [3.8, 4) is 0 Å². The van der Waals surface area contributed by atoms with Crippen LogP contribution in [0.4, 0.5) is 19.0 Å². The largest absolute Gasteiger partial charge is 0.453 e. The van der Waals surface area contributed by atoms with Gasteiger partial charge in [0.25, 0.3) is 5.82 Å². The zero-order valence-electron chi connectivity index (χ0n) is 17.7. The molecule has 0 spiro atoms. The lowest BCUT2D eigenvalue weighted by Gasteiger charge is -2.33. The van der Waals surface area contributed by atoms with Crippen molar-refractivity contribution in [2.75, 3.05) is 18.0 Å². The highest BCUT2D eigenvalue weighted by molar-refractivity contribution is 5.79. The summed E-state index contributed by atoms with van der Waals surface area (Å²) in [5.74, 6) is -0.0471. The average molecular weight is 438 g/mol. The summed E-state index contributed by atoms with van der Waals surface area (Å²) in [5, 5.41) is 14.2. The Balaban J connectivity index is 1.36. The number of carbonyl (C=O) groups is 1. The first-order valence-electron chi connectivity index (χ1n) is 11.2. The lowest BCUT2D eigenvalue weighted by Crippen LogP contribution is -2.45. The number of rotatable bonds is 6. The molecule has 1 saturated heterocycles. The second-order valence-electron chi connectivity index (χ2n) is 8.69. The highest BCUT2D eigenvalue weighted by Crippen LogP contribution is 2.31. The SMILES string of the molecule is CCCCC1CCCC1NC(=O)C1CCN(c2ccc3nnc(C(F)(F)F)n3n2)CC1. The highest BCUT2D eigenvalue weighted by Gasteiger charge is 2.38. The molecule has 7 nitrogen and oxygen atoms in total. The number of unbranched alkanes of at least 4 members (excludes halogenated alkanes) is 1. The minimum absolute atomic E-state index is 0.0551. The molecule has 2 aromatic rings. The number of fused-ring (bicyclic) bond motifs is 1. The van der Waals surface area contributed by atoms with Crippen LogP contribution in [0.2, 0.25) is 0 Å². The molecule has 0 bridgehead atoms. The molecule has 4 rings (SSSR count). The van der Waals surface area contributed by atoms with Crippen LogP contribution in [-0.4, -0.2) is 44.8 Å². The topological polar surface area (TPSA) is 75.4 Å². The van der Waals surface area contributed by atoms with E-state index in [0.29, 0.717) is 37.7 Å². The fourth-order valence-corrected chi connectivity index (χ4v) is 4.83. The number of nitrogens with one attached hydrogen (secondary N) is 1. The Morgan fingerprint density at radius 2 is 1.94 bits per heavy atom. The van der Waals surface area contributed by atoms with E-state index in [2.05, 4.69) is 27.5 Å². The van der Waals surface area contributed by atoms with E-state index in [0.717, 1.165) is 10.9 Å². The third kappa shape index (κ3) is 4.77. The van der Waals surface area contributed by atoms with Gasteiger partial charge in [-0.1, -0.05) is 26.2 Å². The summed E-state index contributed by atoms with van der Waals surface area (Å²) in [6.07, 6.45) is 3.68. The maximum Gasteiger partial charge on any atom is 0.453 e. The molecule has 1 aliphatic carbocycles. The van der Waals surface area contributed by atoms with Crippen molar-refractivity contribution in [1.29, 1.82) is 0 Å². The molecule has 2 unspecified atom stereocenters. The molecule has 170 valence electrons. The van der Waals surface area contributed by atoms with Crippen molar-refractivity contribution in [2.45, 2.75) is 70.5 Å². The average Bonchev–Trinajstić information content (AvgIpc) is 3.38. The predicted molar refractivity (Wildman–Crippen MR) is 110 cm³/mol. The van der Waals surface area contributed by atoms with Gasteiger partial charge in [0.2, 0.25) is 5.91 Å². The lowest BCUT2D eigenvalue weighted by atomic mass is 9.93. The number of hydrogen-bond acceptors (Lipinski definition) is 5. The fourth-order valence-electron chi connectivity index (χ4n) is 4.83. The van der Waals surface area contributed by atoms with E-state index in [1.165, 1.54) is 38.2 Å². The van der Waals surface area contributed by atoms with Gasteiger partial charge in [-0.25, -0.2) is 0 Å². The van der Waals surface area contributed by atoms with Gasteiger partial charge in [-0.05, 0) is 50.2 Å². The van der Waals surface area contributed by atoms with E-state index in [1.807, 2.05) is 4.90 Å². The fraction of sp³-hybridized carbons (Fsp3) is 0.714. The van der Waals surface area contributed by atoms with Crippen LogP contribution < -0.4 is 10.2 Å². The molecule has 2 atom stereocenters. The van der Waals surface area contributed by atoms with Gasteiger partial charge in [0, 0.05) is 25.0 Å². The van der Waals surface area contributed by atoms with Crippen molar-refractivity contribution >= 4 is 17.4 Å². The number of nitrogens with zero attached hydrogens (tertiary/aromatic N) is 5. The first-order valence-corrected chi connectivity index (χ1v) is 11.2. The number of piperidine rings is 1. The number of halogens is 3. The van der Waals surface area contributed by atoms with Crippen molar-refractivity contribution in [1.82, 2.24) is 25.1 Å². The minimum Gasteiger partial charge on any atom is -0.355 e. The van der Waals surface area contributed by atoms with Gasteiger partial charge in [0.05, 0.1) is 0 Å². The Labute approximate surface area is 179 Å². The number of aromatic nitrogens is 4. The molecule has 1 aliphatic heterocycles. The summed E-state index contributed by atoms with van der Waals surface area (Å²) in [5.41, 5.74) is 0.0551. The van der Waals surface area contributed by atoms with E-state index in [1.54, 1.807) is 6.07 Å². The van der Waals surface area contributed by atoms with E-state index < -0.39 is 12.0 Å². The van der Waals surface area contributed by atoms with Crippen LogP contribution >= 0.6 is 0 Å². The van der Waals surface area contributed by atoms with Crippen LogP contribution in [0.15, 0.2) is 12.1 Å². The Morgan fingerprint density at radius 3 is 2.65 bits per heavy atom. The van der Waals surface area contributed by atoms with E-state index >= 15 is 0 Å². The molecule has 1 saturated carbocycles. The van der Waals surface area contributed by atoms with Gasteiger partial charge in [-0.2, -0.15) is 17.7 Å². The Kier molecular flexibility index (Phi) is 6.34. The van der Waals surface area contributed by atoms with Gasteiger partial charge < -0.3 is 10.2 Å². The second-order valence-corrected chi connectivity index (χ2v) is 8.69. The predicted octanol–water partition coefficient (Wildman–Crippen LogP) is 3.83. The third-order valence-electron chi connectivity index (χ3n) is 6.61. The van der Waals surface area contributed by atoms with Crippen molar-refractivity contribution in [3.63, 3.8) is 0 Å². The van der Waals surface area contributed by atoms with Gasteiger partial charge in [-0.3, -0.25) is 4.79 Å². The Morgan fingerprint density at radius 1 is 1.16 bits per heavy atom. The molecular formula is C21H29F3N6O. The summed E-state index contributed by atoms with van der Waals surface area (Å²) in [6, 6.07) is 3.43. The molecule has 2 fully saturated rings. The molecule has 3 heterocycles. The van der Waals surface area contributed by atoms with Gasteiger partial charge in [0.1, 0.15) is 5.82 Å². The van der Waals surface area contributed by atoms with E-state index in [-0.39, 0.29) is 23.5 Å². The first-order chi connectivity index (χ1) is 14.9. The standard InChI is InChI=1S/C21H29F3N6O/c1-2-3-5-14-6-4-7-16(14)25-19(31)15-10-12-29(13-11-15)18-9-8-17-26-27-20(21(22,23)24)30(17)28-18/h8-9,14-16H,2-7,10-13H2,1H3,(H,25,31). The number of hydrogen-bond donors (Lipinski definition) is 1. The number of carbonyl (C=O) groups excluding carboxylic acids is 1. The number of amides is 1. The Hall–Kier alpha value is -2.39. The number of anilines is 1. The van der Waals surface area contributed by atoms with Crippen molar-refractivity contribution < 1.29 is 18.0 Å². The van der Waals surface area contributed by atoms with Crippen LogP contribution in [0.25, 0.3) is 5.65 Å². The molecule has 31 heavy (non-hydrogen) atoms. The summed E-state index contributed by atoms with van der Waals surface area (Å²) in [6.45, 7) is 3.34. The quantitative estimate of drug-likeness (QED) is 0.742. The monoisotopic (exact) mass is 438 g/mol. The van der Waals surface area contributed by atoms with Gasteiger partial charge in [0.15, 0.2) is 5.65 Å². The molecule has 2 aliphatic rings. The smallest absolute Gasteiger partial charge is 0.355 e. The third-order valence-corrected chi connectivity index (χ3v) is 6.61. The Bertz CT molecular complexity index is 906. The summed E-state index contributed by atoms with van der Waals surface area (Å²) in [7, 11) is 0. The summed E-state index contributed by atoms with van der Waals surface area (Å²) < 4.78 is 40.1.